The molecule has 3 atom stereocenters. The van der Waals surface area contributed by atoms with E-state index in [1.165, 1.54) is 51.6 Å². The van der Waals surface area contributed by atoms with Crippen molar-refractivity contribution in [2.24, 2.45) is 11.3 Å². The Morgan fingerprint density at radius 2 is 1.57 bits per heavy atom. The molecule has 2 heterocycles. The fourth-order valence-electron chi connectivity index (χ4n) is 6.80. The van der Waals surface area contributed by atoms with E-state index in [-0.39, 0.29) is 0 Å². The first kappa shape index (κ1) is 18.1. The molecule has 2 bridgehead atoms. The highest BCUT2D eigenvalue weighted by atomic mass is 15.3. The number of anilines is 1. The van der Waals surface area contributed by atoms with Crippen molar-refractivity contribution >= 4 is 27.5 Å². The molecule has 0 N–H and O–H groups in total. The number of hydrogen-bond acceptors (Lipinski definition) is 1. The van der Waals surface area contributed by atoms with Crippen molar-refractivity contribution in [2.45, 2.75) is 52.6 Å². The summed E-state index contributed by atoms with van der Waals surface area (Å²) in [7, 11) is 0. The molecule has 1 aliphatic heterocycles. The van der Waals surface area contributed by atoms with Crippen molar-refractivity contribution in [1.82, 2.24) is 4.57 Å². The SMILES string of the molecule is Cc1cc2c(cc1N1C3CCC([C@@H]1C)C3(C)C)c1ccccc1n2-c1ccccc1. The van der Waals surface area contributed by atoms with Gasteiger partial charge in [-0.3, -0.25) is 0 Å². The third-order valence-electron chi connectivity index (χ3n) is 8.21. The summed E-state index contributed by atoms with van der Waals surface area (Å²) in [4.78, 5) is 2.76. The number of piperidine rings is 1. The number of fused-ring (bicyclic) bond motifs is 5. The second-order valence-corrected chi connectivity index (χ2v) is 10.0. The Hall–Kier alpha value is -2.74. The monoisotopic (exact) mass is 394 g/mol. The van der Waals surface area contributed by atoms with E-state index >= 15 is 0 Å². The summed E-state index contributed by atoms with van der Waals surface area (Å²) in [6.07, 6.45) is 2.70. The summed E-state index contributed by atoms with van der Waals surface area (Å²) in [6, 6.07) is 25.8. The minimum Gasteiger partial charge on any atom is -0.365 e. The van der Waals surface area contributed by atoms with Crippen molar-refractivity contribution in [3.05, 3.63) is 72.3 Å². The molecule has 2 heteroatoms. The van der Waals surface area contributed by atoms with Crippen LogP contribution in [0.4, 0.5) is 5.69 Å². The van der Waals surface area contributed by atoms with E-state index in [4.69, 9.17) is 0 Å². The highest BCUT2D eigenvalue weighted by Gasteiger charge is 2.56. The molecule has 2 aliphatic rings. The first-order valence-corrected chi connectivity index (χ1v) is 11.4. The average molecular weight is 395 g/mol. The van der Waals surface area contributed by atoms with Crippen LogP contribution in [0.3, 0.4) is 0 Å². The first-order chi connectivity index (χ1) is 14.5. The molecule has 30 heavy (non-hydrogen) atoms. The van der Waals surface area contributed by atoms with Crippen LogP contribution in [0.1, 0.15) is 39.2 Å². The average Bonchev–Trinajstić information content (AvgIpc) is 3.29. The van der Waals surface area contributed by atoms with Gasteiger partial charge < -0.3 is 9.47 Å². The summed E-state index contributed by atoms with van der Waals surface area (Å²) >= 11 is 0. The van der Waals surface area contributed by atoms with E-state index in [9.17, 15) is 0 Å². The summed E-state index contributed by atoms with van der Waals surface area (Å²) in [5.41, 5.74) is 7.04. The van der Waals surface area contributed by atoms with Gasteiger partial charge in [-0.05, 0) is 73.9 Å². The Bertz CT molecular complexity index is 1260. The number of aromatic nitrogens is 1. The number of aryl methyl sites for hydroxylation is 1. The smallest absolute Gasteiger partial charge is 0.0545 e. The van der Waals surface area contributed by atoms with Crippen molar-refractivity contribution in [3.8, 4) is 5.69 Å². The zero-order valence-corrected chi connectivity index (χ0v) is 18.4. The van der Waals surface area contributed by atoms with Crippen LogP contribution in [0.5, 0.6) is 0 Å². The lowest BCUT2D eigenvalue weighted by molar-refractivity contribution is 0.286. The molecule has 6 rings (SSSR count). The lowest BCUT2D eigenvalue weighted by atomic mass is 9.80. The summed E-state index contributed by atoms with van der Waals surface area (Å²) in [5.74, 6) is 0.795. The quantitative estimate of drug-likeness (QED) is 0.352. The molecule has 1 saturated carbocycles. The summed E-state index contributed by atoms with van der Waals surface area (Å²) < 4.78 is 2.42. The Morgan fingerprint density at radius 1 is 0.833 bits per heavy atom. The van der Waals surface area contributed by atoms with E-state index in [0.717, 1.165) is 5.92 Å². The van der Waals surface area contributed by atoms with Crippen LogP contribution >= 0.6 is 0 Å². The molecular weight excluding hydrogens is 364 g/mol. The van der Waals surface area contributed by atoms with Gasteiger partial charge in [-0.15, -0.1) is 0 Å². The molecule has 0 radical (unpaired) electrons. The van der Waals surface area contributed by atoms with Gasteiger partial charge in [0.1, 0.15) is 0 Å². The summed E-state index contributed by atoms with van der Waals surface area (Å²) in [5, 5.41) is 2.71. The Kier molecular flexibility index (Phi) is 3.69. The van der Waals surface area contributed by atoms with Gasteiger partial charge in [-0.1, -0.05) is 50.2 Å². The minimum absolute atomic E-state index is 0.402. The molecule has 0 spiro atoms. The number of para-hydroxylation sites is 2. The Labute approximate surface area is 179 Å². The van der Waals surface area contributed by atoms with Crippen LogP contribution in [-0.2, 0) is 0 Å². The zero-order chi connectivity index (χ0) is 20.6. The third-order valence-corrected chi connectivity index (χ3v) is 8.21. The molecule has 152 valence electrons. The van der Waals surface area contributed by atoms with Crippen LogP contribution in [-0.4, -0.2) is 16.7 Å². The van der Waals surface area contributed by atoms with Gasteiger partial charge in [-0.2, -0.15) is 0 Å². The topological polar surface area (TPSA) is 8.17 Å². The standard InChI is InChI=1S/C28H30N2/c1-18-16-26-22(17-25(18)29-19(2)23-14-15-27(29)28(23,3)4)21-12-8-9-13-24(21)30(26)20-10-6-5-7-11-20/h5-13,16-17,19,23,27H,14-15H2,1-4H3/t19-,23?,27?/m0/s1. The van der Waals surface area contributed by atoms with Crippen LogP contribution in [0.25, 0.3) is 27.5 Å². The molecule has 3 aromatic carbocycles. The number of rotatable bonds is 2. The van der Waals surface area contributed by atoms with Crippen LogP contribution in [0, 0.1) is 18.3 Å². The molecule has 2 nitrogen and oxygen atoms in total. The lowest BCUT2D eigenvalue weighted by Crippen LogP contribution is -2.40. The van der Waals surface area contributed by atoms with Crippen LogP contribution in [0.15, 0.2) is 66.7 Å². The predicted octanol–water partition coefficient (Wildman–Crippen LogP) is 7.11. The molecule has 4 aromatic rings. The minimum atomic E-state index is 0.402. The van der Waals surface area contributed by atoms with E-state index < -0.39 is 0 Å². The third kappa shape index (κ3) is 2.25. The van der Waals surface area contributed by atoms with Crippen molar-refractivity contribution < 1.29 is 0 Å². The Morgan fingerprint density at radius 3 is 2.30 bits per heavy atom. The summed E-state index contributed by atoms with van der Waals surface area (Å²) in [6.45, 7) is 9.72. The van der Waals surface area contributed by atoms with E-state index in [1.54, 1.807) is 0 Å². The zero-order valence-electron chi connectivity index (χ0n) is 18.4. The maximum atomic E-state index is 2.76. The number of benzene rings is 3. The highest BCUT2D eigenvalue weighted by molar-refractivity contribution is 6.10. The molecular formula is C28H30N2. The highest BCUT2D eigenvalue weighted by Crippen LogP contribution is 2.56. The van der Waals surface area contributed by atoms with E-state index in [0.29, 0.717) is 17.5 Å². The lowest BCUT2D eigenvalue weighted by Gasteiger charge is -2.37. The molecule has 1 aliphatic carbocycles. The molecule has 0 amide bonds. The molecule has 1 aromatic heterocycles. The fourth-order valence-corrected chi connectivity index (χ4v) is 6.80. The second kappa shape index (κ2) is 6.14. The maximum Gasteiger partial charge on any atom is 0.0545 e. The normalized spacial score (nSPS) is 24.9. The van der Waals surface area contributed by atoms with E-state index in [2.05, 4.69) is 104 Å². The largest absolute Gasteiger partial charge is 0.365 e. The first-order valence-electron chi connectivity index (χ1n) is 11.4. The number of hydrogen-bond donors (Lipinski definition) is 0. The van der Waals surface area contributed by atoms with Gasteiger partial charge in [0.25, 0.3) is 0 Å². The maximum absolute atomic E-state index is 2.76. The fraction of sp³-hybridized carbons (Fsp3) is 0.357. The predicted molar refractivity (Wildman–Crippen MR) is 128 cm³/mol. The van der Waals surface area contributed by atoms with E-state index in [1.807, 2.05) is 0 Å². The van der Waals surface area contributed by atoms with Gasteiger partial charge >= 0.3 is 0 Å². The second-order valence-electron chi connectivity index (χ2n) is 10.0. The Balaban J connectivity index is 1.62. The van der Waals surface area contributed by atoms with Gasteiger partial charge in [0, 0.05) is 34.2 Å². The van der Waals surface area contributed by atoms with Gasteiger partial charge in [0.15, 0.2) is 0 Å². The molecule has 2 fully saturated rings. The van der Waals surface area contributed by atoms with Gasteiger partial charge in [-0.25, -0.2) is 0 Å². The molecule has 2 unspecified atom stereocenters. The van der Waals surface area contributed by atoms with Crippen molar-refractivity contribution in [1.29, 1.82) is 0 Å². The van der Waals surface area contributed by atoms with Crippen LogP contribution in [0.2, 0.25) is 0 Å². The van der Waals surface area contributed by atoms with Crippen LogP contribution < -0.4 is 4.90 Å². The molecule has 1 saturated heterocycles. The van der Waals surface area contributed by atoms with Crippen molar-refractivity contribution in [2.75, 3.05) is 4.90 Å². The number of nitrogens with zero attached hydrogens (tertiary/aromatic N) is 2. The van der Waals surface area contributed by atoms with Gasteiger partial charge in [0.2, 0.25) is 0 Å². The van der Waals surface area contributed by atoms with Gasteiger partial charge in [0.05, 0.1) is 11.0 Å². The van der Waals surface area contributed by atoms with Crippen molar-refractivity contribution in [3.63, 3.8) is 0 Å².